The number of nitrogens with zero attached hydrogens (tertiary/aromatic N) is 5. The van der Waals surface area contributed by atoms with Crippen LogP contribution in [0.15, 0.2) is 36.7 Å². The van der Waals surface area contributed by atoms with Crippen LogP contribution in [0.3, 0.4) is 0 Å². The molecule has 2 fully saturated rings. The molecule has 1 atom stereocenters. The monoisotopic (exact) mass is 471 g/mol. The van der Waals surface area contributed by atoms with Crippen molar-refractivity contribution in [3.05, 3.63) is 52.7 Å². The normalized spacial score (nSPS) is 21.3. The summed E-state index contributed by atoms with van der Waals surface area (Å²) < 4.78 is 39.3. The number of alkyl halides is 3. The van der Waals surface area contributed by atoms with Gasteiger partial charge in [0.05, 0.1) is 29.1 Å². The Bertz CT molecular complexity index is 1180. The summed E-state index contributed by atoms with van der Waals surface area (Å²) in [5, 5.41) is 8.83. The maximum absolute atomic E-state index is 12.9. The Balaban J connectivity index is 1.27. The van der Waals surface area contributed by atoms with Crippen molar-refractivity contribution < 1.29 is 13.2 Å². The maximum atomic E-state index is 12.9. The molecule has 2 aliphatic rings. The Morgan fingerprint density at radius 1 is 1.06 bits per heavy atom. The van der Waals surface area contributed by atoms with Gasteiger partial charge in [0.25, 0.3) is 0 Å². The molecule has 1 spiro atoms. The van der Waals surface area contributed by atoms with Gasteiger partial charge in [0.2, 0.25) is 0 Å². The van der Waals surface area contributed by atoms with E-state index in [9.17, 15) is 13.2 Å². The molecule has 9 heteroatoms. The SMILES string of the molecule is N#CCc1ccc(CN2CCC3(CCN(c4ncnc5cc(CC(F)(F)F)sc45)C3)C2)cc1. The largest absolute Gasteiger partial charge is 0.393 e. The average Bonchev–Trinajstić information content (AvgIpc) is 3.47. The molecule has 2 aliphatic heterocycles. The lowest BCUT2D eigenvalue weighted by Gasteiger charge is -2.25. The van der Waals surface area contributed by atoms with Crippen LogP contribution in [0.1, 0.15) is 28.8 Å². The molecule has 0 N–H and O–H groups in total. The lowest BCUT2D eigenvalue weighted by atomic mass is 9.86. The third-order valence-corrected chi connectivity index (χ3v) is 7.81. The summed E-state index contributed by atoms with van der Waals surface area (Å²) in [5.41, 5.74) is 3.06. The Kier molecular flexibility index (Phi) is 5.75. The predicted molar refractivity (Wildman–Crippen MR) is 122 cm³/mol. The van der Waals surface area contributed by atoms with Crippen LogP contribution in [-0.2, 0) is 19.4 Å². The van der Waals surface area contributed by atoms with Gasteiger partial charge in [0, 0.05) is 36.5 Å². The topological polar surface area (TPSA) is 56.1 Å². The Morgan fingerprint density at radius 2 is 1.82 bits per heavy atom. The number of hydrogen-bond acceptors (Lipinski definition) is 6. The summed E-state index contributed by atoms with van der Waals surface area (Å²) >= 11 is 1.16. The highest BCUT2D eigenvalue weighted by Crippen LogP contribution is 2.43. The molecule has 0 aliphatic carbocycles. The predicted octanol–water partition coefficient (Wildman–Crippen LogP) is 4.96. The summed E-state index contributed by atoms with van der Waals surface area (Å²) in [4.78, 5) is 13.7. The molecule has 1 aromatic carbocycles. The molecule has 0 bridgehead atoms. The molecule has 5 rings (SSSR count). The van der Waals surface area contributed by atoms with Crippen molar-refractivity contribution in [2.45, 2.75) is 38.4 Å². The number of likely N-dealkylation sites (tertiary alicyclic amines) is 1. The average molecular weight is 472 g/mol. The Labute approximate surface area is 194 Å². The maximum Gasteiger partial charge on any atom is 0.393 e. The number of benzene rings is 1. The zero-order valence-electron chi connectivity index (χ0n) is 18.1. The van der Waals surface area contributed by atoms with Crippen LogP contribution >= 0.6 is 11.3 Å². The van der Waals surface area contributed by atoms with Crippen molar-refractivity contribution >= 4 is 27.4 Å². The fourth-order valence-corrected chi connectivity index (χ4v) is 6.28. The fraction of sp³-hybridized carbons (Fsp3) is 0.458. The van der Waals surface area contributed by atoms with Crippen LogP contribution in [0.4, 0.5) is 19.0 Å². The zero-order valence-corrected chi connectivity index (χ0v) is 18.9. The van der Waals surface area contributed by atoms with E-state index in [2.05, 4.69) is 38.0 Å². The second-order valence-corrected chi connectivity index (χ2v) is 10.3. The molecule has 0 saturated carbocycles. The molecule has 4 heterocycles. The van der Waals surface area contributed by atoms with E-state index in [-0.39, 0.29) is 10.3 Å². The van der Waals surface area contributed by atoms with Gasteiger partial charge in [-0.05, 0) is 36.6 Å². The molecule has 2 saturated heterocycles. The van der Waals surface area contributed by atoms with E-state index in [1.165, 1.54) is 11.9 Å². The molecule has 2 aromatic heterocycles. The van der Waals surface area contributed by atoms with Crippen LogP contribution < -0.4 is 4.90 Å². The van der Waals surface area contributed by atoms with Crippen molar-refractivity contribution in [3.63, 3.8) is 0 Å². The van der Waals surface area contributed by atoms with Crippen molar-refractivity contribution in [2.75, 3.05) is 31.1 Å². The first kappa shape index (κ1) is 22.1. The first-order valence-corrected chi connectivity index (χ1v) is 11.9. The van der Waals surface area contributed by atoms with Gasteiger partial charge < -0.3 is 4.90 Å². The number of rotatable bonds is 5. The van der Waals surface area contributed by atoms with E-state index in [1.54, 1.807) is 6.07 Å². The van der Waals surface area contributed by atoms with Crippen molar-refractivity contribution in [1.29, 1.82) is 5.26 Å². The first-order valence-electron chi connectivity index (χ1n) is 11.0. The van der Waals surface area contributed by atoms with Gasteiger partial charge in [-0.2, -0.15) is 18.4 Å². The van der Waals surface area contributed by atoms with Gasteiger partial charge in [0.15, 0.2) is 0 Å². The van der Waals surface area contributed by atoms with Crippen molar-refractivity contribution in [1.82, 2.24) is 14.9 Å². The second kappa shape index (κ2) is 8.58. The van der Waals surface area contributed by atoms with Gasteiger partial charge in [-0.3, -0.25) is 4.90 Å². The van der Waals surface area contributed by atoms with Crippen molar-refractivity contribution in [3.8, 4) is 6.07 Å². The van der Waals surface area contributed by atoms with Gasteiger partial charge in [-0.25, -0.2) is 9.97 Å². The van der Waals surface area contributed by atoms with Crippen LogP contribution in [0.2, 0.25) is 0 Å². The molecular formula is C24H24F3N5S. The standard InChI is InChI=1S/C24H24F3N5S/c25-24(26,27)12-19-11-20-21(33-19)22(30-16-29-20)32-10-7-23(15-32)6-9-31(14-23)13-18-3-1-17(2-4-18)5-8-28/h1-4,11,16H,5-7,9-10,12-15H2. The lowest BCUT2D eigenvalue weighted by Crippen LogP contribution is -2.31. The minimum atomic E-state index is -4.23. The first-order chi connectivity index (χ1) is 15.8. The Hall–Kier alpha value is -2.70. The minimum absolute atomic E-state index is 0.185. The van der Waals surface area contributed by atoms with E-state index in [0.29, 0.717) is 11.9 Å². The van der Waals surface area contributed by atoms with E-state index < -0.39 is 12.6 Å². The second-order valence-electron chi connectivity index (χ2n) is 9.20. The third kappa shape index (κ3) is 4.82. The summed E-state index contributed by atoms with van der Waals surface area (Å²) in [6.07, 6.45) is -1.10. The van der Waals surface area contributed by atoms with Crippen molar-refractivity contribution in [2.24, 2.45) is 5.41 Å². The molecule has 3 aromatic rings. The highest BCUT2D eigenvalue weighted by Gasteiger charge is 2.44. The van der Waals surface area contributed by atoms with Gasteiger partial charge in [0.1, 0.15) is 12.1 Å². The summed E-state index contributed by atoms with van der Waals surface area (Å²) in [6.45, 7) is 4.64. The smallest absolute Gasteiger partial charge is 0.355 e. The summed E-state index contributed by atoms with van der Waals surface area (Å²) in [5.74, 6) is 0.766. The lowest BCUT2D eigenvalue weighted by molar-refractivity contribution is -0.126. The summed E-state index contributed by atoms with van der Waals surface area (Å²) in [6, 6.07) is 12.0. The third-order valence-electron chi connectivity index (χ3n) is 6.69. The zero-order chi connectivity index (χ0) is 23.1. The fourth-order valence-electron chi connectivity index (χ4n) is 5.13. The van der Waals surface area contributed by atoms with Gasteiger partial charge in [-0.15, -0.1) is 11.3 Å². The van der Waals surface area contributed by atoms with E-state index in [0.717, 1.165) is 73.0 Å². The molecule has 1 unspecified atom stereocenters. The molecule has 5 nitrogen and oxygen atoms in total. The quantitative estimate of drug-likeness (QED) is 0.526. The summed E-state index contributed by atoms with van der Waals surface area (Å²) in [7, 11) is 0. The highest BCUT2D eigenvalue weighted by atomic mass is 32.1. The van der Waals surface area contributed by atoms with E-state index in [4.69, 9.17) is 5.26 Å². The van der Waals surface area contributed by atoms with Gasteiger partial charge >= 0.3 is 6.18 Å². The highest BCUT2D eigenvalue weighted by molar-refractivity contribution is 7.19. The van der Waals surface area contributed by atoms with E-state index >= 15 is 0 Å². The number of fused-ring (bicyclic) bond motifs is 1. The number of thiophene rings is 1. The number of aromatic nitrogens is 2. The number of halogens is 3. The molecule has 0 radical (unpaired) electrons. The number of nitriles is 1. The van der Waals surface area contributed by atoms with E-state index in [1.807, 2.05) is 12.1 Å². The number of hydrogen-bond donors (Lipinski definition) is 0. The number of anilines is 1. The van der Waals surface area contributed by atoms with Crippen LogP contribution in [0, 0.1) is 16.7 Å². The van der Waals surface area contributed by atoms with Crippen LogP contribution in [0.5, 0.6) is 0 Å². The minimum Gasteiger partial charge on any atom is -0.355 e. The van der Waals surface area contributed by atoms with Crippen LogP contribution in [0.25, 0.3) is 10.2 Å². The molecule has 33 heavy (non-hydrogen) atoms. The molecule has 0 amide bonds. The Morgan fingerprint density at radius 3 is 2.58 bits per heavy atom. The van der Waals surface area contributed by atoms with Gasteiger partial charge in [-0.1, -0.05) is 24.3 Å². The van der Waals surface area contributed by atoms with Crippen LogP contribution in [-0.4, -0.2) is 47.2 Å². The molecular weight excluding hydrogens is 447 g/mol. The molecule has 172 valence electrons.